The fourth-order valence-corrected chi connectivity index (χ4v) is 0.722. The molecule has 0 fully saturated rings. The Morgan fingerprint density at radius 3 is 3.00 bits per heavy atom. The molecule has 1 aromatic rings. The normalized spacial score (nSPS) is 10.3. The van der Waals surface area contributed by atoms with Crippen LogP contribution in [-0.4, -0.2) is 16.3 Å². The molecule has 0 saturated heterocycles. The van der Waals surface area contributed by atoms with Crippen LogP contribution in [0.25, 0.3) is 0 Å². The lowest BCUT2D eigenvalue weighted by Crippen LogP contribution is -2.23. The lowest BCUT2D eigenvalue weighted by Gasteiger charge is -1.90. The molecular weight excluding hydrogens is 208 g/mol. The van der Waals surface area contributed by atoms with Crippen molar-refractivity contribution in [2.45, 2.75) is 0 Å². The molecule has 0 atom stereocenters. The van der Waals surface area contributed by atoms with Crippen molar-refractivity contribution in [1.82, 2.24) is 5.43 Å². The van der Waals surface area contributed by atoms with Crippen LogP contribution >= 0.6 is 12.2 Å². The molecule has 0 spiro atoms. The summed E-state index contributed by atoms with van der Waals surface area (Å²) in [6.07, 6.45) is 1.23. The van der Waals surface area contributed by atoms with Gasteiger partial charge < -0.3 is 10.2 Å². The van der Waals surface area contributed by atoms with E-state index in [9.17, 15) is 10.1 Å². The first-order valence-electron chi connectivity index (χ1n) is 3.42. The van der Waals surface area contributed by atoms with E-state index in [-0.39, 0.29) is 16.8 Å². The van der Waals surface area contributed by atoms with Gasteiger partial charge in [0.25, 0.3) is 0 Å². The van der Waals surface area contributed by atoms with Crippen LogP contribution in [0.15, 0.2) is 21.7 Å². The van der Waals surface area contributed by atoms with Crippen LogP contribution in [-0.2, 0) is 0 Å². The first-order valence-corrected chi connectivity index (χ1v) is 3.83. The Hall–Kier alpha value is -1.96. The van der Waals surface area contributed by atoms with Crippen molar-refractivity contribution in [1.29, 1.82) is 0 Å². The van der Waals surface area contributed by atoms with Gasteiger partial charge in [0.2, 0.25) is 0 Å². The van der Waals surface area contributed by atoms with Crippen molar-refractivity contribution in [2.24, 2.45) is 10.8 Å². The molecule has 7 nitrogen and oxygen atoms in total. The number of nitrogens with two attached hydrogens (primary N) is 1. The van der Waals surface area contributed by atoms with Gasteiger partial charge in [-0.2, -0.15) is 5.10 Å². The molecule has 8 heteroatoms. The Morgan fingerprint density at radius 1 is 1.79 bits per heavy atom. The molecule has 0 aliphatic heterocycles. The lowest BCUT2D eigenvalue weighted by molar-refractivity contribution is -0.402. The van der Waals surface area contributed by atoms with Crippen LogP contribution in [0.2, 0.25) is 0 Å². The van der Waals surface area contributed by atoms with E-state index in [1.807, 2.05) is 0 Å². The van der Waals surface area contributed by atoms with Gasteiger partial charge in [0.05, 0.1) is 12.3 Å². The zero-order valence-corrected chi connectivity index (χ0v) is 7.65. The molecule has 74 valence electrons. The highest BCUT2D eigenvalue weighted by Crippen LogP contribution is 2.13. The molecule has 1 aromatic heterocycles. The second-order valence-electron chi connectivity index (χ2n) is 2.17. The molecule has 0 aromatic carbocycles. The summed E-state index contributed by atoms with van der Waals surface area (Å²) in [6, 6.07) is 2.63. The first-order chi connectivity index (χ1) is 6.59. The summed E-state index contributed by atoms with van der Waals surface area (Å²) < 4.78 is 4.75. The minimum Gasteiger partial charge on any atom is -0.400 e. The van der Waals surface area contributed by atoms with E-state index >= 15 is 0 Å². The predicted molar refractivity (Wildman–Crippen MR) is 52.9 cm³/mol. The van der Waals surface area contributed by atoms with Crippen LogP contribution in [0, 0.1) is 10.1 Å². The second-order valence-corrected chi connectivity index (χ2v) is 2.61. The summed E-state index contributed by atoms with van der Waals surface area (Å²) in [5, 5.41) is 13.8. The average molecular weight is 214 g/mol. The SMILES string of the molecule is NC(=S)N/N=C/c1ccc([N+](=O)[O-])o1. The number of nitro groups is 1. The Bertz CT molecular complexity index is 386. The van der Waals surface area contributed by atoms with Gasteiger partial charge in [-0.25, -0.2) is 0 Å². The number of hydrazone groups is 1. The Balaban J connectivity index is 2.64. The lowest BCUT2D eigenvalue weighted by atomic mass is 10.5. The molecule has 0 amide bonds. The van der Waals surface area contributed by atoms with Crippen molar-refractivity contribution in [2.75, 3.05) is 0 Å². The van der Waals surface area contributed by atoms with E-state index < -0.39 is 4.92 Å². The van der Waals surface area contributed by atoms with Crippen LogP contribution in [0.5, 0.6) is 0 Å². The second kappa shape index (κ2) is 4.33. The van der Waals surface area contributed by atoms with Crippen molar-refractivity contribution in [3.05, 3.63) is 28.0 Å². The van der Waals surface area contributed by atoms with E-state index in [1.54, 1.807) is 0 Å². The summed E-state index contributed by atoms with van der Waals surface area (Å²) in [5.41, 5.74) is 7.36. The van der Waals surface area contributed by atoms with Crippen molar-refractivity contribution < 1.29 is 9.34 Å². The maximum atomic E-state index is 10.2. The van der Waals surface area contributed by atoms with Gasteiger partial charge >= 0.3 is 5.88 Å². The van der Waals surface area contributed by atoms with E-state index in [4.69, 9.17) is 10.2 Å². The fourth-order valence-electron chi connectivity index (χ4n) is 0.669. The Labute approximate surface area is 83.7 Å². The maximum Gasteiger partial charge on any atom is 0.433 e. The number of nitrogens with one attached hydrogen (secondary N) is 1. The molecular formula is C6H6N4O3S. The molecule has 0 bridgehead atoms. The van der Waals surface area contributed by atoms with E-state index in [2.05, 4.69) is 22.7 Å². The number of nitrogens with zero attached hydrogens (tertiary/aromatic N) is 2. The Kier molecular flexibility index (Phi) is 3.13. The molecule has 0 aliphatic rings. The van der Waals surface area contributed by atoms with E-state index in [1.165, 1.54) is 18.3 Å². The fraction of sp³-hybridized carbons (Fsp3) is 0. The highest BCUT2D eigenvalue weighted by atomic mass is 32.1. The van der Waals surface area contributed by atoms with Crippen LogP contribution < -0.4 is 11.2 Å². The Morgan fingerprint density at radius 2 is 2.50 bits per heavy atom. The number of rotatable bonds is 3. The smallest absolute Gasteiger partial charge is 0.400 e. The molecule has 0 saturated carbocycles. The monoisotopic (exact) mass is 214 g/mol. The average Bonchev–Trinajstić information content (AvgIpc) is 2.52. The number of hydrogen-bond acceptors (Lipinski definition) is 5. The quantitative estimate of drug-likeness (QED) is 0.325. The summed E-state index contributed by atoms with van der Waals surface area (Å²) in [4.78, 5) is 9.57. The van der Waals surface area contributed by atoms with Gasteiger partial charge in [0.1, 0.15) is 4.92 Å². The van der Waals surface area contributed by atoms with Crippen LogP contribution in [0.3, 0.4) is 0 Å². The number of hydrogen-bond donors (Lipinski definition) is 2. The topological polar surface area (TPSA) is 107 Å². The summed E-state index contributed by atoms with van der Waals surface area (Å²) in [6.45, 7) is 0. The first kappa shape index (κ1) is 10.1. The zero-order chi connectivity index (χ0) is 10.6. The highest BCUT2D eigenvalue weighted by Gasteiger charge is 2.09. The molecule has 3 N–H and O–H groups in total. The maximum absolute atomic E-state index is 10.2. The van der Waals surface area contributed by atoms with Crippen LogP contribution in [0.1, 0.15) is 5.76 Å². The number of thiocarbonyl (C=S) groups is 1. The minimum absolute atomic E-state index is 0.00214. The summed E-state index contributed by atoms with van der Waals surface area (Å²) in [7, 11) is 0. The predicted octanol–water partition coefficient (Wildman–Crippen LogP) is 0.355. The van der Waals surface area contributed by atoms with E-state index in [0.29, 0.717) is 0 Å². The minimum atomic E-state index is -0.641. The molecule has 14 heavy (non-hydrogen) atoms. The summed E-state index contributed by atoms with van der Waals surface area (Å²) >= 11 is 4.47. The van der Waals surface area contributed by atoms with Crippen molar-refractivity contribution in [3.63, 3.8) is 0 Å². The number of furan rings is 1. The molecule has 0 unspecified atom stereocenters. The molecule has 0 aliphatic carbocycles. The standard InChI is InChI=1S/C6H6N4O3S/c7-6(14)9-8-3-4-1-2-5(13-4)10(11)12/h1-3H,(H3,7,9,14)/b8-3+. The van der Waals surface area contributed by atoms with Crippen molar-refractivity contribution in [3.8, 4) is 0 Å². The van der Waals surface area contributed by atoms with Gasteiger partial charge in [0, 0.05) is 0 Å². The van der Waals surface area contributed by atoms with E-state index in [0.717, 1.165) is 0 Å². The largest absolute Gasteiger partial charge is 0.433 e. The third-order valence-electron chi connectivity index (χ3n) is 1.16. The zero-order valence-electron chi connectivity index (χ0n) is 6.84. The highest BCUT2D eigenvalue weighted by molar-refractivity contribution is 7.80. The third-order valence-corrected chi connectivity index (χ3v) is 1.25. The molecule has 1 rings (SSSR count). The summed E-state index contributed by atoms with van der Waals surface area (Å²) in [5.74, 6) is -0.109. The van der Waals surface area contributed by atoms with Crippen LogP contribution in [0.4, 0.5) is 5.88 Å². The molecule has 1 heterocycles. The van der Waals surface area contributed by atoms with Gasteiger partial charge in [-0.15, -0.1) is 0 Å². The molecule has 0 radical (unpaired) electrons. The van der Waals surface area contributed by atoms with Gasteiger partial charge in [0.15, 0.2) is 10.9 Å². The third kappa shape index (κ3) is 2.83. The van der Waals surface area contributed by atoms with Gasteiger partial charge in [-0.3, -0.25) is 15.5 Å². The van der Waals surface area contributed by atoms with Gasteiger partial charge in [-0.1, -0.05) is 0 Å². The van der Waals surface area contributed by atoms with Gasteiger partial charge in [-0.05, 0) is 18.3 Å². The van der Waals surface area contributed by atoms with Crippen molar-refractivity contribution >= 4 is 29.4 Å².